The smallest absolute Gasteiger partial charge is 0.313 e. The quantitative estimate of drug-likeness (QED) is 0.464. The summed E-state index contributed by atoms with van der Waals surface area (Å²) in [6, 6.07) is 0. The predicted molar refractivity (Wildman–Crippen MR) is 127 cm³/mol. The lowest BCUT2D eigenvalue weighted by Gasteiger charge is -2.48. The number of esters is 1. The summed E-state index contributed by atoms with van der Waals surface area (Å²) in [5.74, 6) is 0.211. The van der Waals surface area contributed by atoms with E-state index in [1.807, 2.05) is 27.9 Å². The van der Waals surface area contributed by atoms with E-state index in [9.17, 15) is 4.79 Å². The van der Waals surface area contributed by atoms with Crippen LogP contribution in [0.1, 0.15) is 99.8 Å². The zero-order chi connectivity index (χ0) is 23.5. The number of ether oxygens (including phenoxy) is 3. The zero-order valence-corrected chi connectivity index (χ0v) is 21.6. The molecule has 0 amide bonds. The Kier molecular flexibility index (Phi) is 6.20. The Morgan fingerprint density at radius 1 is 0.938 bits per heavy atom. The van der Waals surface area contributed by atoms with Gasteiger partial charge < -0.3 is 14.2 Å². The standard InChI is InChI=1S/C28H44O4/c1-26(2,3)31-23-12-11-22-24-20(13-14-28(22,23)7)19-10-9-18(30-8)15-17(19)16-21(24)25(29)32-27(4,5)6/h18,21-23H,9-16H2,1-8H3/t18?,21-,22+,23+,28+/m1/s1. The van der Waals surface area contributed by atoms with Gasteiger partial charge in [0.15, 0.2) is 0 Å². The van der Waals surface area contributed by atoms with E-state index >= 15 is 0 Å². The predicted octanol–water partition coefficient (Wildman–Crippen LogP) is 6.53. The molecular weight excluding hydrogens is 400 g/mol. The first-order chi connectivity index (χ1) is 14.8. The van der Waals surface area contributed by atoms with Crippen LogP contribution >= 0.6 is 0 Å². The summed E-state index contributed by atoms with van der Waals surface area (Å²) < 4.78 is 18.3. The molecule has 1 unspecified atom stereocenters. The molecule has 0 aromatic carbocycles. The topological polar surface area (TPSA) is 44.8 Å². The number of carbonyl (C=O) groups is 1. The molecule has 4 nitrogen and oxygen atoms in total. The number of hydrogen-bond acceptors (Lipinski definition) is 4. The Bertz CT molecular complexity index is 821. The molecule has 0 aliphatic heterocycles. The van der Waals surface area contributed by atoms with Crippen LogP contribution in [0.4, 0.5) is 0 Å². The third kappa shape index (κ3) is 4.46. The molecule has 0 radical (unpaired) electrons. The molecular formula is C28H44O4. The third-order valence-corrected chi connectivity index (χ3v) is 8.21. The summed E-state index contributed by atoms with van der Waals surface area (Å²) in [6.45, 7) is 14.8. The lowest BCUT2D eigenvalue weighted by atomic mass is 9.58. The molecule has 0 N–H and O–H groups in total. The molecule has 0 aromatic rings. The first-order valence-electron chi connectivity index (χ1n) is 12.7. The van der Waals surface area contributed by atoms with Crippen LogP contribution in [-0.4, -0.2) is 36.5 Å². The van der Waals surface area contributed by atoms with Gasteiger partial charge in [-0.2, -0.15) is 0 Å². The maximum Gasteiger partial charge on any atom is 0.313 e. The van der Waals surface area contributed by atoms with Gasteiger partial charge in [0.2, 0.25) is 0 Å². The number of fused-ring (bicyclic) bond motifs is 3. The molecule has 5 atom stereocenters. The number of carbonyl (C=O) groups excluding carboxylic acids is 1. The van der Waals surface area contributed by atoms with E-state index in [1.54, 1.807) is 5.57 Å². The minimum Gasteiger partial charge on any atom is -0.459 e. The van der Waals surface area contributed by atoms with Crippen molar-refractivity contribution in [3.05, 3.63) is 22.3 Å². The highest BCUT2D eigenvalue weighted by atomic mass is 16.6. The van der Waals surface area contributed by atoms with Crippen LogP contribution in [0.3, 0.4) is 0 Å². The average Bonchev–Trinajstić information content (AvgIpc) is 3.00. The summed E-state index contributed by atoms with van der Waals surface area (Å²) in [6.07, 6.45) is 8.85. The van der Waals surface area contributed by atoms with E-state index in [0.29, 0.717) is 5.92 Å². The lowest BCUT2D eigenvalue weighted by Crippen LogP contribution is -2.45. The molecule has 0 bridgehead atoms. The van der Waals surface area contributed by atoms with E-state index in [4.69, 9.17) is 14.2 Å². The van der Waals surface area contributed by atoms with Gasteiger partial charge >= 0.3 is 5.97 Å². The van der Waals surface area contributed by atoms with Crippen molar-refractivity contribution in [2.75, 3.05) is 7.11 Å². The minimum absolute atomic E-state index is 0.0412. The molecule has 4 heteroatoms. The summed E-state index contributed by atoms with van der Waals surface area (Å²) in [7, 11) is 1.81. The van der Waals surface area contributed by atoms with Gasteiger partial charge in [0.1, 0.15) is 5.60 Å². The summed E-state index contributed by atoms with van der Waals surface area (Å²) in [5.41, 5.74) is 5.37. The Morgan fingerprint density at radius 3 is 2.28 bits per heavy atom. The van der Waals surface area contributed by atoms with Crippen molar-refractivity contribution >= 4 is 5.97 Å². The van der Waals surface area contributed by atoms with Gasteiger partial charge in [-0.15, -0.1) is 0 Å². The van der Waals surface area contributed by atoms with Crippen LogP contribution < -0.4 is 0 Å². The van der Waals surface area contributed by atoms with Gasteiger partial charge in [0.25, 0.3) is 0 Å². The first kappa shape index (κ1) is 24.0. The number of rotatable bonds is 3. The second-order valence-corrected chi connectivity index (χ2v) is 12.8. The Hall–Kier alpha value is -1.13. The van der Waals surface area contributed by atoms with Gasteiger partial charge in [-0.25, -0.2) is 0 Å². The molecule has 0 aromatic heterocycles. The van der Waals surface area contributed by atoms with Crippen molar-refractivity contribution in [3.8, 4) is 0 Å². The van der Waals surface area contributed by atoms with Crippen molar-refractivity contribution in [2.24, 2.45) is 17.3 Å². The molecule has 4 rings (SSSR count). The Balaban J connectivity index is 1.74. The maximum atomic E-state index is 13.6. The molecule has 32 heavy (non-hydrogen) atoms. The van der Waals surface area contributed by atoms with Crippen molar-refractivity contribution in [3.63, 3.8) is 0 Å². The number of allylic oxidation sites excluding steroid dienone is 2. The fourth-order valence-electron chi connectivity index (χ4n) is 6.89. The minimum atomic E-state index is -0.473. The van der Waals surface area contributed by atoms with Gasteiger partial charge in [-0.3, -0.25) is 4.79 Å². The van der Waals surface area contributed by atoms with E-state index in [0.717, 1.165) is 51.4 Å². The third-order valence-electron chi connectivity index (χ3n) is 8.21. The molecule has 4 aliphatic carbocycles. The van der Waals surface area contributed by atoms with Gasteiger partial charge in [0.05, 0.1) is 23.7 Å². The van der Waals surface area contributed by atoms with Crippen LogP contribution in [0.2, 0.25) is 0 Å². The van der Waals surface area contributed by atoms with Gasteiger partial charge in [-0.1, -0.05) is 12.5 Å². The Labute approximate surface area is 195 Å². The zero-order valence-electron chi connectivity index (χ0n) is 21.6. The molecule has 0 saturated heterocycles. The first-order valence-corrected chi connectivity index (χ1v) is 12.7. The van der Waals surface area contributed by atoms with Crippen molar-refractivity contribution in [1.82, 2.24) is 0 Å². The Morgan fingerprint density at radius 2 is 1.66 bits per heavy atom. The van der Waals surface area contributed by atoms with E-state index in [1.165, 1.54) is 16.7 Å². The van der Waals surface area contributed by atoms with Gasteiger partial charge in [-0.05, 0) is 116 Å². The van der Waals surface area contributed by atoms with Crippen LogP contribution in [0.5, 0.6) is 0 Å². The number of methoxy groups -OCH3 is 1. The van der Waals surface area contributed by atoms with Crippen LogP contribution in [0.25, 0.3) is 0 Å². The fourth-order valence-corrected chi connectivity index (χ4v) is 6.89. The van der Waals surface area contributed by atoms with Crippen LogP contribution in [-0.2, 0) is 19.0 Å². The summed E-state index contributed by atoms with van der Waals surface area (Å²) >= 11 is 0. The molecule has 1 saturated carbocycles. The lowest BCUT2D eigenvalue weighted by molar-refractivity contribution is -0.159. The maximum absolute atomic E-state index is 13.6. The highest BCUT2D eigenvalue weighted by molar-refractivity contribution is 5.79. The largest absolute Gasteiger partial charge is 0.459 e. The normalized spacial score (nSPS) is 35.4. The highest BCUT2D eigenvalue weighted by Gasteiger charge is 2.55. The van der Waals surface area contributed by atoms with Crippen molar-refractivity contribution in [2.45, 2.75) is 123 Å². The fraction of sp³-hybridized carbons (Fsp3) is 0.821. The molecule has 1 fully saturated rings. The summed E-state index contributed by atoms with van der Waals surface area (Å²) in [4.78, 5) is 13.6. The highest BCUT2D eigenvalue weighted by Crippen LogP contribution is 2.61. The van der Waals surface area contributed by atoms with E-state index in [-0.39, 0.29) is 35.1 Å². The summed E-state index contributed by atoms with van der Waals surface area (Å²) in [5, 5.41) is 0. The van der Waals surface area contributed by atoms with Crippen LogP contribution in [0, 0.1) is 17.3 Å². The van der Waals surface area contributed by atoms with Crippen molar-refractivity contribution in [1.29, 1.82) is 0 Å². The van der Waals surface area contributed by atoms with E-state index < -0.39 is 5.60 Å². The SMILES string of the molecule is COC1CCC2=C(C1)C[C@@H](C(=O)OC(C)(C)C)C1=C2CC[C@]2(C)[C@@H](OC(C)(C)C)CC[C@@H]12. The number of hydrogen-bond donors (Lipinski definition) is 0. The molecule has 0 spiro atoms. The van der Waals surface area contributed by atoms with Crippen LogP contribution in [0.15, 0.2) is 22.3 Å². The molecule has 0 heterocycles. The van der Waals surface area contributed by atoms with Gasteiger partial charge in [0, 0.05) is 12.5 Å². The van der Waals surface area contributed by atoms with E-state index in [2.05, 4.69) is 27.7 Å². The van der Waals surface area contributed by atoms with Crippen molar-refractivity contribution < 1.29 is 19.0 Å². The molecule has 4 aliphatic rings. The monoisotopic (exact) mass is 444 g/mol. The average molecular weight is 445 g/mol. The second kappa shape index (κ2) is 8.27. The second-order valence-electron chi connectivity index (χ2n) is 12.8. The molecule has 180 valence electrons.